The lowest BCUT2D eigenvalue weighted by atomic mass is 10.0. The molecule has 2 aromatic rings. The number of aromatic nitrogens is 1. The van der Waals surface area contributed by atoms with E-state index in [2.05, 4.69) is 17.1 Å². The van der Waals surface area contributed by atoms with Crippen molar-refractivity contribution < 1.29 is 9.53 Å². The molecule has 0 atom stereocenters. The van der Waals surface area contributed by atoms with Crippen LogP contribution in [-0.2, 0) is 11.2 Å². The van der Waals surface area contributed by atoms with Crippen molar-refractivity contribution in [2.24, 2.45) is 0 Å². The third-order valence-corrected chi connectivity index (χ3v) is 3.64. The van der Waals surface area contributed by atoms with Crippen LogP contribution in [0.4, 0.5) is 0 Å². The van der Waals surface area contributed by atoms with E-state index in [1.807, 2.05) is 19.2 Å². The average Bonchev–Trinajstić information content (AvgIpc) is 2.78. The molecule has 0 fully saturated rings. The first kappa shape index (κ1) is 12.8. The molecule has 0 saturated carbocycles. The lowest BCUT2D eigenvalue weighted by molar-refractivity contribution is -0.107. The number of aryl methyl sites for hydroxylation is 2. The number of thiazole rings is 1. The second kappa shape index (κ2) is 5.31. The van der Waals surface area contributed by atoms with Crippen LogP contribution in [0.2, 0.25) is 0 Å². The minimum atomic E-state index is 0.388. The van der Waals surface area contributed by atoms with Crippen LogP contribution < -0.4 is 4.74 Å². The first-order valence-electron chi connectivity index (χ1n) is 5.69. The summed E-state index contributed by atoms with van der Waals surface area (Å²) < 4.78 is 5.35. The standard InChI is InChI=1S/C14H15NO2S/c1-9-6-11(7-10(2)14(9)17-3)12-8-18-13(15-12)4-5-16/h5-8H,4H2,1-3H3. The van der Waals surface area contributed by atoms with E-state index in [-0.39, 0.29) is 0 Å². The molecule has 1 heterocycles. The van der Waals surface area contributed by atoms with E-state index in [9.17, 15) is 4.79 Å². The van der Waals surface area contributed by atoms with Crippen LogP contribution in [0, 0.1) is 13.8 Å². The van der Waals surface area contributed by atoms with E-state index in [1.165, 1.54) is 11.3 Å². The molecule has 3 nitrogen and oxygen atoms in total. The molecule has 0 aliphatic carbocycles. The van der Waals surface area contributed by atoms with E-state index in [4.69, 9.17) is 4.74 Å². The molecule has 0 spiro atoms. The van der Waals surface area contributed by atoms with E-state index in [1.54, 1.807) is 7.11 Å². The summed E-state index contributed by atoms with van der Waals surface area (Å²) >= 11 is 1.52. The third kappa shape index (κ3) is 2.43. The Morgan fingerprint density at radius 3 is 2.56 bits per heavy atom. The van der Waals surface area contributed by atoms with Crippen molar-refractivity contribution in [3.8, 4) is 17.0 Å². The highest BCUT2D eigenvalue weighted by atomic mass is 32.1. The maximum absolute atomic E-state index is 10.5. The molecule has 0 aliphatic heterocycles. The largest absolute Gasteiger partial charge is 0.496 e. The number of hydrogen-bond acceptors (Lipinski definition) is 4. The van der Waals surface area contributed by atoms with Gasteiger partial charge in [-0.1, -0.05) is 0 Å². The summed E-state index contributed by atoms with van der Waals surface area (Å²) in [5, 5.41) is 2.84. The van der Waals surface area contributed by atoms with Gasteiger partial charge in [-0.15, -0.1) is 11.3 Å². The van der Waals surface area contributed by atoms with Gasteiger partial charge in [-0.25, -0.2) is 4.98 Å². The summed E-state index contributed by atoms with van der Waals surface area (Å²) in [6.45, 7) is 4.04. The zero-order valence-electron chi connectivity index (χ0n) is 10.7. The number of methoxy groups -OCH3 is 1. The minimum absolute atomic E-state index is 0.388. The fourth-order valence-corrected chi connectivity index (χ4v) is 2.78. The van der Waals surface area contributed by atoms with Crippen LogP contribution in [0.25, 0.3) is 11.3 Å². The summed E-state index contributed by atoms with van der Waals surface area (Å²) in [7, 11) is 1.68. The van der Waals surface area contributed by atoms with Crippen molar-refractivity contribution >= 4 is 17.6 Å². The first-order chi connectivity index (χ1) is 8.65. The summed E-state index contributed by atoms with van der Waals surface area (Å²) in [5.41, 5.74) is 4.18. The summed E-state index contributed by atoms with van der Waals surface area (Å²) in [4.78, 5) is 14.9. The monoisotopic (exact) mass is 261 g/mol. The fourth-order valence-electron chi connectivity index (χ4n) is 2.03. The van der Waals surface area contributed by atoms with Gasteiger partial charge in [0.15, 0.2) is 0 Å². The van der Waals surface area contributed by atoms with Gasteiger partial charge in [-0.05, 0) is 37.1 Å². The van der Waals surface area contributed by atoms with E-state index >= 15 is 0 Å². The fraction of sp³-hybridized carbons (Fsp3) is 0.286. The van der Waals surface area contributed by atoms with E-state index < -0.39 is 0 Å². The molecule has 0 saturated heterocycles. The number of aldehydes is 1. The van der Waals surface area contributed by atoms with Crippen LogP contribution in [0.1, 0.15) is 16.1 Å². The van der Waals surface area contributed by atoms with Gasteiger partial charge in [0.2, 0.25) is 0 Å². The Hall–Kier alpha value is -1.68. The SMILES string of the molecule is COc1c(C)cc(-c2csc(CC=O)n2)cc1C. The Morgan fingerprint density at radius 2 is 2.00 bits per heavy atom. The van der Waals surface area contributed by atoms with Crippen molar-refractivity contribution in [2.45, 2.75) is 20.3 Å². The van der Waals surface area contributed by atoms with Gasteiger partial charge in [-0.2, -0.15) is 0 Å². The quantitative estimate of drug-likeness (QED) is 0.793. The maximum Gasteiger partial charge on any atom is 0.126 e. The molecular formula is C14H15NO2S. The molecule has 0 unspecified atom stereocenters. The zero-order valence-corrected chi connectivity index (χ0v) is 11.5. The van der Waals surface area contributed by atoms with Crippen LogP contribution in [-0.4, -0.2) is 18.4 Å². The minimum Gasteiger partial charge on any atom is -0.496 e. The van der Waals surface area contributed by atoms with Crippen LogP contribution >= 0.6 is 11.3 Å². The normalized spacial score (nSPS) is 10.4. The van der Waals surface area contributed by atoms with Crippen LogP contribution in [0.5, 0.6) is 5.75 Å². The highest BCUT2D eigenvalue weighted by molar-refractivity contribution is 7.10. The molecule has 94 valence electrons. The molecule has 18 heavy (non-hydrogen) atoms. The summed E-state index contributed by atoms with van der Waals surface area (Å²) in [6.07, 6.45) is 1.27. The second-order valence-electron chi connectivity index (χ2n) is 4.14. The Bertz CT molecular complexity index is 552. The predicted molar refractivity (Wildman–Crippen MR) is 73.3 cm³/mol. The average molecular weight is 261 g/mol. The molecule has 1 aromatic heterocycles. The molecule has 0 radical (unpaired) electrons. The van der Waals surface area contributed by atoms with E-state index in [0.29, 0.717) is 6.42 Å². The van der Waals surface area contributed by atoms with Crippen molar-refractivity contribution in [3.63, 3.8) is 0 Å². The zero-order chi connectivity index (χ0) is 13.1. The lowest BCUT2D eigenvalue weighted by Crippen LogP contribution is -1.92. The smallest absolute Gasteiger partial charge is 0.126 e. The molecule has 0 aliphatic rings. The van der Waals surface area contributed by atoms with Gasteiger partial charge in [0, 0.05) is 10.9 Å². The second-order valence-corrected chi connectivity index (χ2v) is 5.08. The van der Waals surface area contributed by atoms with Crippen molar-refractivity contribution in [1.29, 1.82) is 0 Å². The number of hydrogen-bond donors (Lipinski definition) is 0. The number of ether oxygens (including phenoxy) is 1. The van der Waals surface area contributed by atoms with Crippen molar-refractivity contribution in [3.05, 3.63) is 33.6 Å². The lowest BCUT2D eigenvalue weighted by Gasteiger charge is -2.10. The molecule has 2 rings (SSSR count). The summed E-state index contributed by atoms with van der Waals surface area (Å²) in [6, 6.07) is 4.12. The number of carbonyl (C=O) groups excluding carboxylic acids is 1. The van der Waals surface area contributed by atoms with Gasteiger partial charge < -0.3 is 9.53 Å². The molecule has 1 aromatic carbocycles. The molecular weight excluding hydrogens is 246 g/mol. The molecule has 0 N–H and O–H groups in total. The number of carbonyl (C=O) groups is 1. The number of rotatable bonds is 4. The predicted octanol–water partition coefficient (Wildman–Crippen LogP) is 3.18. The molecule has 4 heteroatoms. The highest BCUT2D eigenvalue weighted by Gasteiger charge is 2.09. The molecule has 0 bridgehead atoms. The van der Waals surface area contributed by atoms with Crippen molar-refractivity contribution in [1.82, 2.24) is 4.98 Å². The number of nitrogens with zero attached hydrogens (tertiary/aromatic N) is 1. The van der Waals surface area contributed by atoms with Crippen LogP contribution in [0.15, 0.2) is 17.5 Å². The van der Waals surface area contributed by atoms with Gasteiger partial charge in [-0.3, -0.25) is 0 Å². The van der Waals surface area contributed by atoms with Crippen molar-refractivity contribution in [2.75, 3.05) is 7.11 Å². The Morgan fingerprint density at radius 1 is 1.33 bits per heavy atom. The highest BCUT2D eigenvalue weighted by Crippen LogP contribution is 2.30. The first-order valence-corrected chi connectivity index (χ1v) is 6.57. The van der Waals surface area contributed by atoms with Crippen LogP contribution in [0.3, 0.4) is 0 Å². The third-order valence-electron chi connectivity index (χ3n) is 2.77. The topological polar surface area (TPSA) is 39.2 Å². The Labute approximate surface area is 110 Å². The number of benzene rings is 1. The summed E-state index contributed by atoms with van der Waals surface area (Å²) in [5.74, 6) is 0.919. The van der Waals surface area contributed by atoms with Gasteiger partial charge in [0.1, 0.15) is 17.0 Å². The van der Waals surface area contributed by atoms with Gasteiger partial charge in [0.05, 0.1) is 19.2 Å². The van der Waals surface area contributed by atoms with E-state index in [0.717, 1.165) is 39.4 Å². The van der Waals surface area contributed by atoms with Gasteiger partial charge in [0.25, 0.3) is 0 Å². The Kier molecular flexibility index (Phi) is 3.77. The van der Waals surface area contributed by atoms with Gasteiger partial charge >= 0.3 is 0 Å². The molecule has 0 amide bonds. The maximum atomic E-state index is 10.5. The Balaban J connectivity index is 2.41.